The highest BCUT2D eigenvalue weighted by Gasteiger charge is 2.22. The van der Waals surface area contributed by atoms with E-state index in [9.17, 15) is 0 Å². The van der Waals surface area contributed by atoms with Crippen LogP contribution in [0.2, 0.25) is 0 Å². The Kier molecular flexibility index (Phi) is 4.13. The number of piperazine rings is 1. The molecule has 1 unspecified atom stereocenters. The molecule has 1 saturated heterocycles. The zero-order chi connectivity index (χ0) is 16.4. The van der Waals surface area contributed by atoms with Gasteiger partial charge in [0.1, 0.15) is 5.82 Å². The summed E-state index contributed by atoms with van der Waals surface area (Å²) in [7, 11) is 0. The molecule has 1 aliphatic rings. The van der Waals surface area contributed by atoms with E-state index in [-0.39, 0.29) is 0 Å². The summed E-state index contributed by atoms with van der Waals surface area (Å²) in [6, 6.07) is 17.3. The lowest BCUT2D eigenvalue weighted by molar-refractivity contribution is 0.198. The Labute approximate surface area is 142 Å². The van der Waals surface area contributed by atoms with Gasteiger partial charge in [-0.2, -0.15) is 0 Å². The van der Waals surface area contributed by atoms with Gasteiger partial charge in [0.15, 0.2) is 0 Å². The molecule has 1 atom stereocenters. The lowest BCUT2D eigenvalue weighted by Crippen LogP contribution is -2.47. The van der Waals surface area contributed by atoms with E-state index in [2.05, 4.69) is 64.2 Å². The number of para-hydroxylation sites is 1. The minimum Gasteiger partial charge on any atom is -0.354 e. The summed E-state index contributed by atoms with van der Waals surface area (Å²) < 4.78 is 0. The molecule has 3 heterocycles. The van der Waals surface area contributed by atoms with E-state index in [0.29, 0.717) is 6.04 Å². The smallest absolute Gasteiger partial charge is 0.129 e. The third kappa shape index (κ3) is 2.97. The Morgan fingerprint density at radius 1 is 0.875 bits per heavy atom. The fourth-order valence-corrected chi connectivity index (χ4v) is 3.42. The van der Waals surface area contributed by atoms with Crippen LogP contribution in [0.15, 0.2) is 60.9 Å². The molecule has 3 aromatic rings. The fourth-order valence-electron chi connectivity index (χ4n) is 3.42. The number of pyridine rings is 2. The molecule has 0 radical (unpaired) electrons. The minimum atomic E-state index is 0.430. The molecule has 0 aliphatic carbocycles. The monoisotopic (exact) mass is 318 g/mol. The second-order valence-corrected chi connectivity index (χ2v) is 6.34. The van der Waals surface area contributed by atoms with Gasteiger partial charge in [0, 0.05) is 50.0 Å². The number of aromatic nitrogens is 2. The third-order valence-electron chi connectivity index (χ3n) is 4.96. The summed E-state index contributed by atoms with van der Waals surface area (Å²) in [5, 5.41) is 1.20. The number of rotatable bonds is 3. The maximum atomic E-state index is 4.83. The van der Waals surface area contributed by atoms with E-state index < -0.39 is 0 Å². The van der Waals surface area contributed by atoms with Gasteiger partial charge in [-0.1, -0.05) is 18.2 Å². The molecule has 0 amide bonds. The molecule has 24 heavy (non-hydrogen) atoms. The molecule has 0 saturated carbocycles. The molecular weight excluding hydrogens is 296 g/mol. The van der Waals surface area contributed by atoms with Crippen molar-refractivity contribution in [3.8, 4) is 0 Å². The maximum absolute atomic E-state index is 4.83. The van der Waals surface area contributed by atoms with Crippen molar-refractivity contribution in [2.45, 2.75) is 13.0 Å². The Morgan fingerprint density at radius 3 is 2.42 bits per heavy atom. The van der Waals surface area contributed by atoms with Crippen LogP contribution in [0.25, 0.3) is 10.9 Å². The van der Waals surface area contributed by atoms with E-state index in [1.165, 1.54) is 10.9 Å². The van der Waals surface area contributed by atoms with Gasteiger partial charge in [-0.25, -0.2) is 4.98 Å². The van der Waals surface area contributed by atoms with Crippen LogP contribution in [0.1, 0.15) is 18.5 Å². The van der Waals surface area contributed by atoms with Crippen LogP contribution >= 0.6 is 0 Å². The SMILES string of the molecule is CC(c1ccncc1)N1CCN(c2ccc3ccccc3n2)CC1. The first-order valence-electron chi connectivity index (χ1n) is 8.56. The van der Waals surface area contributed by atoms with Crippen molar-refractivity contribution in [3.63, 3.8) is 0 Å². The van der Waals surface area contributed by atoms with Crippen LogP contribution in [0.4, 0.5) is 5.82 Å². The first-order valence-corrected chi connectivity index (χ1v) is 8.56. The lowest BCUT2D eigenvalue weighted by Gasteiger charge is -2.38. The van der Waals surface area contributed by atoms with E-state index in [1.807, 2.05) is 18.5 Å². The summed E-state index contributed by atoms with van der Waals surface area (Å²) >= 11 is 0. The van der Waals surface area contributed by atoms with Crippen molar-refractivity contribution in [2.24, 2.45) is 0 Å². The largest absolute Gasteiger partial charge is 0.354 e. The second-order valence-electron chi connectivity index (χ2n) is 6.34. The predicted molar refractivity (Wildman–Crippen MR) is 98.2 cm³/mol. The Hall–Kier alpha value is -2.46. The number of hydrogen-bond donors (Lipinski definition) is 0. The molecule has 1 aromatic carbocycles. The predicted octanol–water partition coefficient (Wildman–Crippen LogP) is 3.51. The average molecular weight is 318 g/mol. The van der Waals surface area contributed by atoms with E-state index in [4.69, 9.17) is 4.98 Å². The highest BCUT2D eigenvalue weighted by molar-refractivity contribution is 5.80. The first kappa shape index (κ1) is 15.1. The number of nitrogens with zero attached hydrogens (tertiary/aromatic N) is 4. The molecule has 1 aliphatic heterocycles. The van der Waals surface area contributed by atoms with Crippen molar-refractivity contribution >= 4 is 16.7 Å². The first-order chi connectivity index (χ1) is 11.8. The standard InChI is InChI=1S/C20H22N4/c1-16(17-8-10-21-11-9-17)23-12-14-24(15-13-23)20-7-6-18-4-2-3-5-19(18)22-20/h2-11,16H,12-15H2,1H3. The quantitative estimate of drug-likeness (QED) is 0.740. The number of hydrogen-bond acceptors (Lipinski definition) is 4. The van der Waals surface area contributed by atoms with Gasteiger partial charge in [0.2, 0.25) is 0 Å². The van der Waals surface area contributed by atoms with Crippen molar-refractivity contribution in [3.05, 3.63) is 66.5 Å². The Bertz CT molecular complexity index is 810. The van der Waals surface area contributed by atoms with Crippen LogP contribution in [0, 0.1) is 0 Å². The van der Waals surface area contributed by atoms with Crippen LogP contribution in [-0.4, -0.2) is 41.0 Å². The summed E-state index contributed by atoms with van der Waals surface area (Å²) in [5.41, 5.74) is 2.41. The normalized spacial score (nSPS) is 17.1. The molecular formula is C20H22N4. The van der Waals surface area contributed by atoms with Crippen molar-refractivity contribution < 1.29 is 0 Å². The summed E-state index contributed by atoms with van der Waals surface area (Å²) in [6.45, 7) is 6.41. The summed E-state index contributed by atoms with van der Waals surface area (Å²) in [6.07, 6.45) is 3.75. The van der Waals surface area contributed by atoms with Gasteiger partial charge in [-0.05, 0) is 42.8 Å². The zero-order valence-electron chi connectivity index (χ0n) is 14.0. The van der Waals surface area contributed by atoms with Gasteiger partial charge < -0.3 is 4.90 Å². The molecule has 122 valence electrons. The summed E-state index contributed by atoms with van der Waals surface area (Å²) in [4.78, 5) is 13.9. The van der Waals surface area contributed by atoms with Crippen molar-refractivity contribution in [1.82, 2.24) is 14.9 Å². The van der Waals surface area contributed by atoms with E-state index in [1.54, 1.807) is 0 Å². The molecule has 4 heteroatoms. The Morgan fingerprint density at radius 2 is 1.62 bits per heavy atom. The molecule has 4 nitrogen and oxygen atoms in total. The highest BCUT2D eigenvalue weighted by Crippen LogP contribution is 2.23. The van der Waals surface area contributed by atoms with Crippen LogP contribution < -0.4 is 4.90 Å². The molecule has 4 rings (SSSR count). The molecule has 1 fully saturated rings. The zero-order valence-corrected chi connectivity index (χ0v) is 14.0. The summed E-state index contributed by atoms with van der Waals surface area (Å²) in [5.74, 6) is 1.09. The highest BCUT2D eigenvalue weighted by atomic mass is 15.3. The fraction of sp³-hybridized carbons (Fsp3) is 0.300. The van der Waals surface area contributed by atoms with E-state index in [0.717, 1.165) is 37.5 Å². The number of benzene rings is 1. The van der Waals surface area contributed by atoms with Gasteiger partial charge in [-0.15, -0.1) is 0 Å². The van der Waals surface area contributed by atoms with Gasteiger partial charge >= 0.3 is 0 Å². The van der Waals surface area contributed by atoms with Crippen LogP contribution in [0.5, 0.6) is 0 Å². The average Bonchev–Trinajstić information content (AvgIpc) is 2.68. The van der Waals surface area contributed by atoms with E-state index >= 15 is 0 Å². The molecule has 2 aromatic heterocycles. The Balaban J connectivity index is 1.45. The minimum absolute atomic E-state index is 0.430. The van der Waals surface area contributed by atoms with Gasteiger partial charge in [0.25, 0.3) is 0 Å². The molecule has 0 spiro atoms. The van der Waals surface area contributed by atoms with Crippen molar-refractivity contribution in [1.29, 1.82) is 0 Å². The second kappa shape index (κ2) is 6.57. The van der Waals surface area contributed by atoms with Gasteiger partial charge in [-0.3, -0.25) is 9.88 Å². The lowest BCUT2D eigenvalue weighted by atomic mass is 10.1. The van der Waals surface area contributed by atoms with Gasteiger partial charge in [0.05, 0.1) is 5.52 Å². The van der Waals surface area contributed by atoms with Crippen LogP contribution in [0.3, 0.4) is 0 Å². The number of anilines is 1. The van der Waals surface area contributed by atoms with Crippen molar-refractivity contribution in [2.75, 3.05) is 31.1 Å². The number of fused-ring (bicyclic) bond motifs is 1. The topological polar surface area (TPSA) is 32.3 Å². The third-order valence-corrected chi connectivity index (χ3v) is 4.96. The molecule has 0 bridgehead atoms. The van der Waals surface area contributed by atoms with Crippen LogP contribution in [-0.2, 0) is 0 Å². The maximum Gasteiger partial charge on any atom is 0.129 e. The molecule has 0 N–H and O–H groups in total.